The number of nitrogens with zero attached hydrogens (tertiary/aromatic N) is 3. The average molecular weight is 483 g/mol. The number of carbonyl (C=O) groups excluding carboxylic acids is 2. The Bertz CT molecular complexity index is 1100. The zero-order valence-corrected chi connectivity index (χ0v) is 21.1. The Labute approximate surface area is 206 Å². The maximum atomic E-state index is 13.0. The Kier molecular flexibility index (Phi) is 7.23. The van der Waals surface area contributed by atoms with Gasteiger partial charge in [0.25, 0.3) is 0 Å². The molecule has 0 radical (unpaired) electrons. The van der Waals surface area contributed by atoms with Crippen LogP contribution in [0.3, 0.4) is 0 Å². The summed E-state index contributed by atoms with van der Waals surface area (Å²) in [5, 5.41) is 3.06. The van der Waals surface area contributed by atoms with Crippen molar-refractivity contribution in [3.63, 3.8) is 0 Å². The van der Waals surface area contributed by atoms with Gasteiger partial charge in [0, 0.05) is 44.8 Å². The van der Waals surface area contributed by atoms with Gasteiger partial charge in [-0.1, -0.05) is 6.07 Å². The van der Waals surface area contributed by atoms with E-state index in [9.17, 15) is 9.59 Å². The van der Waals surface area contributed by atoms with Crippen molar-refractivity contribution in [2.75, 3.05) is 63.9 Å². The molecule has 9 nitrogen and oxygen atoms in total. The highest BCUT2D eigenvalue weighted by molar-refractivity contribution is 5.97. The number of methoxy groups -OCH3 is 3. The number of nitrogens with one attached hydrogen (secondary N) is 1. The Morgan fingerprint density at radius 3 is 2.26 bits per heavy atom. The maximum absolute atomic E-state index is 13.0. The number of hydrogen-bond donors (Lipinski definition) is 1. The first-order valence-corrected chi connectivity index (χ1v) is 11.8. The molecule has 2 fully saturated rings. The van der Waals surface area contributed by atoms with E-state index in [4.69, 9.17) is 14.2 Å². The van der Waals surface area contributed by atoms with E-state index in [1.165, 1.54) is 5.56 Å². The lowest BCUT2D eigenvalue weighted by Gasteiger charge is -2.37. The number of aryl methyl sites for hydroxylation is 2. The number of urea groups is 1. The molecule has 0 bridgehead atoms. The molecule has 9 heteroatoms. The lowest BCUT2D eigenvalue weighted by Crippen LogP contribution is -2.54. The monoisotopic (exact) mass is 482 g/mol. The van der Waals surface area contributed by atoms with Crippen molar-refractivity contribution in [3.05, 3.63) is 41.5 Å². The fraction of sp³-hybridized carbons (Fsp3) is 0.462. The van der Waals surface area contributed by atoms with Gasteiger partial charge in [0.2, 0.25) is 11.7 Å². The maximum Gasteiger partial charge on any atom is 0.317 e. The van der Waals surface area contributed by atoms with E-state index in [2.05, 4.69) is 17.1 Å². The molecule has 2 aromatic rings. The normalized spacial score (nSPS) is 18.0. The molecule has 0 saturated carbocycles. The van der Waals surface area contributed by atoms with Crippen LogP contribution in [-0.2, 0) is 4.79 Å². The second-order valence-corrected chi connectivity index (χ2v) is 8.95. The molecule has 1 unspecified atom stereocenters. The molecule has 2 aliphatic rings. The number of anilines is 2. The summed E-state index contributed by atoms with van der Waals surface area (Å²) in [6.07, 6.45) is 0.307. The van der Waals surface area contributed by atoms with Crippen molar-refractivity contribution >= 4 is 23.3 Å². The van der Waals surface area contributed by atoms with Crippen LogP contribution in [0.2, 0.25) is 0 Å². The fourth-order valence-corrected chi connectivity index (χ4v) is 4.70. The number of amides is 3. The van der Waals surface area contributed by atoms with Gasteiger partial charge in [-0.25, -0.2) is 4.79 Å². The molecule has 2 aromatic carbocycles. The van der Waals surface area contributed by atoms with E-state index in [0.29, 0.717) is 56.4 Å². The Morgan fingerprint density at radius 2 is 1.63 bits per heavy atom. The van der Waals surface area contributed by atoms with Gasteiger partial charge in [-0.05, 0) is 49.2 Å². The van der Waals surface area contributed by atoms with Crippen LogP contribution in [0.5, 0.6) is 17.2 Å². The van der Waals surface area contributed by atoms with E-state index in [1.807, 2.05) is 37.3 Å². The number of rotatable bonds is 6. The molecule has 188 valence electrons. The smallest absolute Gasteiger partial charge is 0.317 e. The van der Waals surface area contributed by atoms with E-state index < -0.39 is 0 Å². The summed E-state index contributed by atoms with van der Waals surface area (Å²) in [6.45, 7) is 6.99. The fourth-order valence-electron chi connectivity index (χ4n) is 4.70. The van der Waals surface area contributed by atoms with Gasteiger partial charge in [-0.2, -0.15) is 0 Å². The molecule has 0 aromatic heterocycles. The van der Waals surface area contributed by atoms with Crippen LogP contribution in [0.25, 0.3) is 0 Å². The minimum absolute atomic E-state index is 0.0314. The first-order chi connectivity index (χ1) is 16.9. The highest BCUT2D eigenvalue weighted by Crippen LogP contribution is 2.44. The van der Waals surface area contributed by atoms with Gasteiger partial charge < -0.3 is 34.2 Å². The summed E-state index contributed by atoms with van der Waals surface area (Å²) in [4.78, 5) is 31.3. The van der Waals surface area contributed by atoms with Crippen molar-refractivity contribution < 1.29 is 23.8 Å². The molecular weight excluding hydrogens is 448 g/mol. The molecule has 3 amide bonds. The number of carbonyl (C=O) groups is 2. The summed E-state index contributed by atoms with van der Waals surface area (Å²) >= 11 is 0. The van der Waals surface area contributed by atoms with Gasteiger partial charge in [0.05, 0.1) is 33.1 Å². The Balaban J connectivity index is 1.35. The largest absolute Gasteiger partial charge is 0.493 e. The highest BCUT2D eigenvalue weighted by atomic mass is 16.5. The molecule has 4 rings (SSSR count). The molecule has 1 N–H and O–H groups in total. The van der Waals surface area contributed by atoms with Crippen molar-refractivity contribution in [2.24, 2.45) is 0 Å². The minimum atomic E-state index is -0.208. The van der Waals surface area contributed by atoms with E-state index in [-0.39, 0.29) is 18.0 Å². The first kappa shape index (κ1) is 24.5. The van der Waals surface area contributed by atoms with Crippen LogP contribution >= 0.6 is 0 Å². The number of piperazine rings is 1. The van der Waals surface area contributed by atoms with Gasteiger partial charge in [-0.3, -0.25) is 4.79 Å². The molecule has 0 spiro atoms. The summed E-state index contributed by atoms with van der Waals surface area (Å²) in [7, 11) is 4.78. The van der Waals surface area contributed by atoms with Crippen molar-refractivity contribution in [1.82, 2.24) is 10.2 Å². The Morgan fingerprint density at radius 1 is 0.914 bits per heavy atom. The van der Waals surface area contributed by atoms with Gasteiger partial charge >= 0.3 is 6.03 Å². The van der Waals surface area contributed by atoms with Crippen LogP contribution in [0, 0.1) is 13.8 Å². The molecule has 2 aliphatic heterocycles. The molecule has 1 atom stereocenters. The third-order valence-electron chi connectivity index (χ3n) is 6.85. The predicted octanol–water partition coefficient (Wildman–Crippen LogP) is 2.97. The van der Waals surface area contributed by atoms with Crippen LogP contribution in [0.15, 0.2) is 30.3 Å². The molecule has 35 heavy (non-hydrogen) atoms. The number of ether oxygens (including phenoxy) is 3. The van der Waals surface area contributed by atoms with Crippen LogP contribution in [-0.4, -0.2) is 76.9 Å². The predicted molar refractivity (Wildman–Crippen MR) is 135 cm³/mol. The highest BCUT2D eigenvalue weighted by Gasteiger charge is 2.33. The minimum Gasteiger partial charge on any atom is -0.493 e. The first-order valence-electron chi connectivity index (χ1n) is 11.8. The quantitative estimate of drug-likeness (QED) is 0.682. The summed E-state index contributed by atoms with van der Waals surface area (Å²) in [6, 6.07) is 9.47. The Hall–Kier alpha value is -3.62. The summed E-state index contributed by atoms with van der Waals surface area (Å²) in [5.74, 6) is 1.79. The lowest BCUT2D eigenvalue weighted by molar-refractivity contribution is -0.117. The average Bonchev–Trinajstić information content (AvgIpc) is 3.24. The van der Waals surface area contributed by atoms with Crippen LogP contribution in [0.4, 0.5) is 16.2 Å². The van der Waals surface area contributed by atoms with Gasteiger partial charge in [0.1, 0.15) is 0 Å². The topological polar surface area (TPSA) is 83.6 Å². The third-order valence-corrected chi connectivity index (χ3v) is 6.85. The zero-order valence-electron chi connectivity index (χ0n) is 21.1. The molecular formula is C26H34N4O5. The third kappa shape index (κ3) is 4.94. The van der Waals surface area contributed by atoms with Crippen molar-refractivity contribution in [2.45, 2.75) is 26.3 Å². The van der Waals surface area contributed by atoms with Crippen LogP contribution in [0.1, 0.15) is 17.5 Å². The zero-order chi connectivity index (χ0) is 25.1. The molecule has 2 saturated heterocycles. The second-order valence-electron chi connectivity index (χ2n) is 8.95. The van der Waals surface area contributed by atoms with Gasteiger partial charge in [-0.15, -0.1) is 0 Å². The molecule has 0 aliphatic carbocycles. The standard InChI is InChI=1S/C26H34N4O5/c1-17-6-7-20(14-18(17)2)30-16-19(15-23(30)31)27-26(32)29-12-10-28(11-13-29)21-8-9-22(33-3)25(35-5)24(21)34-4/h6-9,14,19H,10-13,15-16H2,1-5H3,(H,27,32). The van der Waals surface area contributed by atoms with Crippen molar-refractivity contribution in [3.8, 4) is 17.2 Å². The summed E-state index contributed by atoms with van der Waals surface area (Å²) < 4.78 is 16.5. The molecule has 2 heterocycles. The van der Waals surface area contributed by atoms with Crippen LogP contribution < -0.4 is 29.3 Å². The van der Waals surface area contributed by atoms with Gasteiger partial charge in [0.15, 0.2) is 11.5 Å². The number of hydrogen-bond acceptors (Lipinski definition) is 6. The number of benzene rings is 2. The second kappa shape index (κ2) is 10.3. The van der Waals surface area contributed by atoms with E-state index in [1.54, 1.807) is 31.1 Å². The lowest BCUT2D eigenvalue weighted by atomic mass is 10.1. The summed E-state index contributed by atoms with van der Waals surface area (Å²) in [5.41, 5.74) is 4.12. The SMILES string of the molecule is COc1ccc(N2CCN(C(=O)NC3CC(=O)N(c4ccc(C)c(C)c4)C3)CC2)c(OC)c1OC. The van der Waals surface area contributed by atoms with E-state index in [0.717, 1.165) is 16.9 Å². The van der Waals surface area contributed by atoms with E-state index >= 15 is 0 Å². The van der Waals surface area contributed by atoms with Crippen molar-refractivity contribution in [1.29, 1.82) is 0 Å².